The van der Waals surface area contributed by atoms with E-state index in [0.29, 0.717) is 11.3 Å². The SMILES string of the molecule is CC(=O)c1cccc(NC(=O)[C@@H](C)[NH+](C)Cc2sccc2C)c1. The topological polar surface area (TPSA) is 50.6 Å². The molecule has 1 amide bonds. The van der Waals surface area contributed by atoms with E-state index in [2.05, 4.69) is 23.7 Å². The molecule has 0 aliphatic rings. The number of carbonyl (C=O) groups excluding carboxylic acids is 2. The van der Waals surface area contributed by atoms with Crippen LogP contribution in [-0.2, 0) is 11.3 Å². The molecule has 2 N–H and O–H groups in total. The number of carbonyl (C=O) groups is 2. The van der Waals surface area contributed by atoms with Crippen LogP contribution in [0.15, 0.2) is 35.7 Å². The van der Waals surface area contributed by atoms with Gasteiger partial charge in [0.25, 0.3) is 5.91 Å². The number of amides is 1. The molecule has 1 aromatic carbocycles. The van der Waals surface area contributed by atoms with Crippen molar-refractivity contribution in [1.82, 2.24) is 0 Å². The van der Waals surface area contributed by atoms with Crippen LogP contribution in [0.5, 0.6) is 0 Å². The van der Waals surface area contributed by atoms with E-state index < -0.39 is 0 Å². The van der Waals surface area contributed by atoms with Gasteiger partial charge in [-0.3, -0.25) is 9.59 Å². The molecule has 0 bridgehead atoms. The summed E-state index contributed by atoms with van der Waals surface area (Å²) in [5, 5.41) is 4.98. The van der Waals surface area contributed by atoms with E-state index in [0.717, 1.165) is 11.4 Å². The number of Topliss-reactive ketones (excluding diaryl/α,β-unsaturated/α-hetero) is 1. The Morgan fingerprint density at radius 3 is 2.65 bits per heavy atom. The Balaban J connectivity index is 2.00. The van der Waals surface area contributed by atoms with Gasteiger partial charge in [0.1, 0.15) is 6.54 Å². The highest BCUT2D eigenvalue weighted by atomic mass is 32.1. The molecule has 1 heterocycles. The van der Waals surface area contributed by atoms with Gasteiger partial charge < -0.3 is 10.2 Å². The van der Waals surface area contributed by atoms with Crippen molar-refractivity contribution in [2.45, 2.75) is 33.4 Å². The van der Waals surface area contributed by atoms with Crippen LogP contribution in [0.4, 0.5) is 5.69 Å². The lowest BCUT2D eigenvalue weighted by Crippen LogP contribution is -3.12. The third kappa shape index (κ3) is 4.50. The number of aryl methyl sites for hydroxylation is 1. The Morgan fingerprint density at radius 2 is 2.04 bits per heavy atom. The van der Waals surface area contributed by atoms with E-state index in [1.165, 1.54) is 17.4 Å². The molecule has 0 aliphatic carbocycles. The summed E-state index contributed by atoms with van der Waals surface area (Å²) in [7, 11) is 2.02. The summed E-state index contributed by atoms with van der Waals surface area (Å²) >= 11 is 1.73. The molecule has 2 aromatic rings. The average molecular weight is 331 g/mol. The number of benzene rings is 1. The van der Waals surface area contributed by atoms with Crippen molar-refractivity contribution in [3.63, 3.8) is 0 Å². The average Bonchev–Trinajstić information content (AvgIpc) is 2.91. The smallest absolute Gasteiger partial charge is 0.282 e. The highest BCUT2D eigenvalue weighted by molar-refractivity contribution is 7.10. The Bertz CT molecular complexity index is 709. The standard InChI is InChI=1S/C18H22N2O2S/c1-12-8-9-23-17(12)11-20(4)13(2)18(22)19-16-7-5-6-15(10-16)14(3)21/h5-10,13H,11H2,1-4H3,(H,19,22)/p+1/t13-/m1/s1. The Morgan fingerprint density at radius 1 is 1.30 bits per heavy atom. The summed E-state index contributed by atoms with van der Waals surface area (Å²) in [6.45, 7) is 6.36. The third-order valence-corrected chi connectivity index (χ3v) is 5.10. The first-order chi connectivity index (χ1) is 10.9. The number of quaternary nitrogens is 1. The van der Waals surface area contributed by atoms with Crippen molar-refractivity contribution >= 4 is 28.7 Å². The Kier molecular flexibility index (Phi) is 5.69. The predicted octanol–water partition coefficient (Wildman–Crippen LogP) is 2.30. The second-order valence-corrected chi connectivity index (χ2v) is 6.90. The number of hydrogen-bond donors (Lipinski definition) is 2. The number of anilines is 1. The molecule has 0 spiro atoms. The van der Waals surface area contributed by atoms with E-state index in [1.807, 2.05) is 14.0 Å². The lowest BCUT2D eigenvalue weighted by molar-refractivity contribution is -0.907. The summed E-state index contributed by atoms with van der Waals surface area (Å²) < 4.78 is 0. The highest BCUT2D eigenvalue weighted by Gasteiger charge is 2.23. The van der Waals surface area contributed by atoms with E-state index in [4.69, 9.17) is 0 Å². The van der Waals surface area contributed by atoms with E-state index >= 15 is 0 Å². The molecule has 0 aliphatic heterocycles. The van der Waals surface area contributed by atoms with Crippen LogP contribution in [0, 0.1) is 6.92 Å². The summed E-state index contributed by atoms with van der Waals surface area (Å²) in [5.41, 5.74) is 2.54. The monoisotopic (exact) mass is 331 g/mol. The maximum absolute atomic E-state index is 12.4. The van der Waals surface area contributed by atoms with Gasteiger partial charge in [0.05, 0.1) is 11.9 Å². The Labute approximate surface area is 141 Å². The molecular weight excluding hydrogens is 308 g/mol. The van der Waals surface area contributed by atoms with Crippen LogP contribution < -0.4 is 10.2 Å². The van der Waals surface area contributed by atoms with Crippen molar-refractivity contribution < 1.29 is 14.5 Å². The number of thiophene rings is 1. The number of hydrogen-bond acceptors (Lipinski definition) is 3. The number of rotatable bonds is 6. The predicted molar refractivity (Wildman–Crippen MR) is 94.2 cm³/mol. The number of likely N-dealkylation sites (N-methyl/N-ethyl adjacent to an activating group) is 1. The van der Waals surface area contributed by atoms with Gasteiger partial charge >= 0.3 is 0 Å². The van der Waals surface area contributed by atoms with E-state index in [9.17, 15) is 9.59 Å². The van der Waals surface area contributed by atoms with Crippen LogP contribution in [0.25, 0.3) is 0 Å². The van der Waals surface area contributed by atoms with Crippen molar-refractivity contribution in [1.29, 1.82) is 0 Å². The summed E-state index contributed by atoms with van der Waals surface area (Å²) in [4.78, 5) is 26.3. The fourth-order valence-electron chi connectivity index (χ4n) is 2.28. The van der Waals surface area contributed by atoms with E-state index in [-0.39, 0.29) is 17.7 Å². The number of nitrogens with one attached hydrogen (secondary N) is 2. The summed E-state index contributed by atoms with van der Waals surface area (Å²) in [6.07, 6.45) is 0. The molecule has 1 unspecified atom stereocenters. The van der Waals surface area contributed by atoms with Gasteiger partial charge in [-0.25, -0.2) is 0 Å². The van der Waals surface area contributed by atoms with Crippen LogP contribution in [0.2, 0.25) is 0 Å². The van der Waals surface area contributed by atoms with Gasteiger partial charge in [-0.05, 0) is 49.9 Å². The molecule has 0 fully saturated rings. The van der Waals surface area contributed by atoms with Gasteiger partial charge in [-0.15, -0.1) is 11.3 Å². The van der Waals surface area contributed by atoms with Crippen LogP contribution in [-0.4, -0.2) is 24.8 Å². The molecule has 2 rings (SSSR count). The maximum atomic E-state index is 12.4. The maximum Gasteiger partial charge on any atom is 0.282 e. The van der Waals surface area contributed by atoms with Crippen molar-refractivity contribution in [3.8, 4) is 0 Å². The first-order valence-electron chi connectivity index (χ1n) is 7.65. The van der Waals surface area contributed by atoms with Gasteiger partial charge in [0.15, 0.2) is 11.8 Å². The van der Waals surface area contributed by atoms with Gasteiger partial charge in [-0.2, -0.15) is 0 Å². The third-order valence-electron chi connectivity index (χ3n) is 4.08. The second-order valence-electron chi connectivity index (χ2n) is 5.90. The van der Waals surface area contributed by atoms with Crippen molar-refractivity contribution in [3.05, 3.63) is 51.7 Å². The number of ketones is 1. The highest BCUT2D eigenvalue weighted by Crippen LogP contribution is 2.14. The zero-order valence-electron chi connectivity index (χ0n) is 14.0. The Hall–Kier alpha value is -1.98. The molecule has 0 saturated heterocycles. The lowest BCUT2D eigenvalue weighted by atomic mass is 10.1. The zero-order valence-corrected chi connectivity index (χ0v) is 14.8. The van der Waals surface area contributed by atoms with Crippen LogP contribution in [0.3, 0.4) is 0 Å². The minimum Gasteiger partial charge on any atom is -0.323 e. The molecule has 2 atom stereocenters. The molecule has 122 valence electrons. The van der Waals surface area contributed by atoms with Crippen LogP contribution in [0.1, 0.15) is 34.6 Å². The first-order valence-corrected chi connectivity index (χ1v) is 8.53. The van der Waals surface area contributed by atoms with Gasteiger partial charge in [0, 0.05) is 11.3 Å². The van der Waals surface area contributed by atoms with Gasteiger partial charge in [-0.1, -0.05) is 12.1 Å². The normalized spacial score (nSPS) is 13.4. The van der Waals surface area contributed by atoms with Crippen molar-refractivity contribution in [2.75, 3.05) is 12.4 Å². The molecular formula is C18H23N2O2S+. The summed E-state index contributed by atoms with van der Waals surface area (Å²) in [5.74, 6) is -0.0533. The molecule has 5 heteroatoms. The first kappa shape index (κ1) is 17.4. The van der Waals surface area contributed by atoms with Crippen molar-refractivity contribution in [2.24, 2.45) is 0 Å². The fraction of sp³-hybridized carbons (Fsp3) is 0.333. The largest absolute Gasteiger partial charge is 0.323 e. The minimum atomic E-state index is -0.183. The molecule has 23 heavy (non-hydrogen) atoms. The molecule has 0 radical (unpaired) electrons. The summed E-state index contributed by atoms with van der Waals surface area (Å²) in [6, 6.07) is 8.96. The van der Waals surface area contributed by atoms with Crippen LogP contribution >= 0.6 is 11.3 Å². The molecule has 4 nitrogen and oxygen atoms in total. The minimum absolute atomic E-state index is 0.00920. The molecule has 1 aromatic heterocycles. The zero-order chi connectivity index (χ0) is 17.0. The molecule has 0 saturated carbocycles. The quantitative estimate of drug-likeness (QED) is 0.798. The second kappa shape index (κ2) is 7.53. The van der Waals surface area contributed by atoms with E-state index in [1.54, 1.807) is 35.6 Å². The van der Waals surface area contributed by atoms with Gasteiger partial charge in [0.2, 0.25) is 0 Å². The lowest BCUT2D eigenvalue weighted by Gasteiger charge is -2.21. The fourth-order valence-corrected chi connectivity index (χ4v) is 3.28.